The maximum Gasteiger partial charge on any atom is 0.253 e. The number of primary amides is 1. The number of aromatic nitrogens is 2. The summed E-state index contributed by atoms with van der Waals surface area (Å²) >= 11 is 0. The van der Waals surface area contributed by atoms with Gasteiger partial charge in [-0.1, -0.05) is 13.0 Å². The van der Waals surface area contributed by atoms with Gasteiger partial charge in [0.1, 0.15) is 22.9 Å². The highest BCUT2D eigenvalue weighted by Crippen LogP contribution is 2.39. The average molecular weight is 510 g/mol. The number of nitrogens with zero attached hydrogens (tertiary/aromatic N) is 3. The summed E-state index contributed by atoms with van der Waals surface area (Å²) < 4.78 is 32.9. The van der Waals surface area contributed by atoms with Gasteiger partial charge in [0.25, 0.3) is 5.91 Å². The van der Waals surface area contributed by atoms with Gasteiger partial charge in [0.15, 0.2) is 5.03 Å². The van der Waals surface area contributed by atoms with Crippen molar-refractivity contribution >= 4 is 33.1 Å². The number of carbonyl (C=O) groups is 1. The quantitative estimate of drug-likeness (QED) is 0.463. The number of hydrogen-bond acceptors (Lipinski definition) is 8. The number of pyridine rings is 2. The molecule has 1 aliphatic rings. The Labute approximate surface area is 211 Å². The van der Waals surface area contributed by atoms with Crippen LogP contribution in [-0.4, -0.2) is 43.0 Å². The van der Waals surface area contributed by atoms with Crippen LogP contribution in [0.3, 0.4) is 0 Å². The number of nitrogens with one attached hydrogen (secondary N) is 1. The van der Waals surface area contributed by atoms with Gasteiger partial charge in [0.2, 0.25) is 9.84 Å². The second-order valence-electron chi connectivity index (χ2n) is 9.55. The Kier molecular flexibility index (Phi) is 6.90. The first-order valence-electron chi connectivity index (χ1n) is 11.8. The minimum atomic E-state index is -4.18. The number of amides is 1. The van der Waals surface area contributed by atoms with Gasteiger partial charge in [0, 0.05) is 24.0 Å². The van der Waals surface area contributed by atoms with Gasteiger partial charge in [-0.15, -0.1) is 0 Å². The molecule has 2 aromatic heterocycles. The van der Waals surface area contributed by atoms with Crippen LogP contribution < -0.4 is 20.7 Å². The SMILES string of the molecule is CCOc1ccc(Nc2cccc(S(=O)(=O)c3ccnc(N4CC(C)CC4(C)C)c3C(N)=O)n2)cc1. The molecule has 1 aliphatic heterocycles. The predicted molar refractivity (Wildman–Crippen MR) is 139 cm³/mol. The second kappa shape index (κ2) is 9.77. The van der Waals surface area contributed by atoms with E-state index in [4.69, 9.17) is 10.5 Å². The fourth-order valence-corrected chi connectivity index (χ4v) is 6.15. The summed E-state index contributed by atoms with van der Waals surface area (Å²) in [6, 6.07) is 13.2. The predicted octanol–water partition coefficient (Wildman–Crippen LogP) is 4.18. The number of rotatable bonds is 8. The molecule has 0 bridgehead atoms. The zero-order valence-corrected chi connectivity index (χ0v) is 21.7. The van der Waals surface area contributed by atoms with E-state index in [0.29, 0.717) is 24.9 Å². The van der Waals surface area contributed by atoms with Crippen LogP contribution in [0, 0.1) is 5.92 Å². The van der Waals surface area contributed by atoms with E-state index in [1.807, 2.05) is 49.9 Å². The van der Waals surface area contributed by atoms with Crippen molar-refractivity contribution in [1.82, 2.24) is 9.97 Å². The van der Waals surface area contributed by atoms with Crippen molar-refractivity contribution in [3.8, 4) is 5.75 Å². The molecular weight excluding hydrogens is 478 g/mol. The summed E-state index contributed by atoms with van der Waals surface area (Å²) in [5.41, 5.74) is 6.03. The number of sulfone groups is 1. The summed E-state index contributed by atoms with van der Waals surface area (Å²) in [6.45, 7) is 9.31. The van der Waals surface area contributed by atoms with E-state index >= 15 is 0 Å². The first kappa shape index (κ1) is 25.4. The molecule has 3 heterocycles. The molecule has 1 saturated heterocycles. The largest absolute Gasteiger partial charge is 0.494 e. The van der Waals surface area contributed by atoms with Crippen molar-refractivity contribution in [2.24, 2.45) is 11.7 Å². The lowest BCUT2D eigenvalue weighted by Crippen LogP contribution is -2.40. The maximum absolute atomic E-state index is 13.7. The molecule has 1 fully saturated rings. The lowest BCUT2D eigenvalue weighted by Gasteiger charge is -2.33. The van der Waals surface area contributed by atoms with Crippen molar-refractivity contribution < 1.29 is 17.9 Å². The first-order chi connectivity index (χ1) is 17.0. The van der Waals surface area contributed by atoms with Crippen LogP contribution in [0.2, 0.25) is 0 Å². The Balaban J connectivity index is 1.72. The summed E-state index contributed by atoms with van der Waals surface area (Å²) in [5.74, 6) is 0.854. The van der Waals surface area contributed by atoms with Crippen LogP contribution in [-0.2, 0) is 9.84 Å². The van der Waals surface area contributed by atoms with Gasteiger partial charge in [0.05, 0.1) is 11.5 Å². The highest BCUT2D eigenvalue weighted by molar-refractivity contribution is 7.91. The molecule has 3 N–H and O–H groups in total. The molecule has 0 aliphatic carbocycles. The Morgan fingerprint density at radius 3 is 2.53 bits per heavy atom. The van der Waals surface area contributed by atoms with E-state index in [9.17, 15) is 13.2 Å². The number of nitrogens with two attached hydrogens (primary N) is 1. The summed E-state index contributed by atoms with van der Waals surface area (Å²) in [7, 11) is -4.18. The summed E-state index contributed by atoms with van der Waals surface area (Å²) in [5, 5.41) is 2.90. The molecule has 1 unspecified atom stereocenters. The van der Waals surface area contributed by atoms with Crippen LogP contribution in [0.1, 0.15) is 44.5 Å². The summed E-state index contributed by atoms with van der Waals surface area (Å²) in [4.78, 5) is 23.1. The normalized spacial score (nSPS) is 17.1. The highest BCUT2D eigenvalue weighted by atomic mass is 32.2. The number of benzene rings is 1. The van der Waals surface area contributed by atoms with Crippen LogP contribution in [0.4, 0.5) is 17.3 Å². The van der Waals surface area contributed by atoms with E-state index in [1.165, 1.54) is 18.3 Å². The molecule has 1 atom stereocenters. The van der Waals surface area contributed by atoms with Gasteiger partial charge >= 0.3 is 0 Å². The fraction of sp³-hybridized carbons (Fsp3) is 0.346. The molecule has 3 aromatic rings. The molecule has 0 radical (unpaired) electrons. The van der Waals surface area contributed by atoms with Gasteiger partial charge in [-0.05, 0) is 75.6 Å². The molecule has 190 valence electrons. The van der Waals surface area contributed by atoms with Crippen LogP contribution in [0.25, 0.3) is 0 Å². The van der Waals surface area contributed by atoms with Crippen molar-refractivity contribution in [2.75, 3.05) is 23.4 Å². The topological polar surface area (TPSA) is 128 Å². The van der Waals surface area contributed by atoms with Crippen molar-refractivity contribution in [1.29, 1.82) is 0 Å². The molecule has 10 heteroatoms. The van der Waals surface area contributed by atoms with Crippen molar-refractivity contribution in [3.63, 3.8) is 0 Å². The second-order valence-corrected chi connectivity index (χ2v) is 11.4. The van der Waals surface area contributed by atoms with Crippen LogP contribution >= 0.6 is 0 Å². The molecule has 0 spiro atoms. The lowest BCUT2D eigenvalue weighted by atomic mass is 9.97. The zero-order chi connectivity index (χ0) is 26.1. The fourth-order valence-electron chi connectivity index (χ4n) is 4.75. The van der Waals surface area contributed by atoms with Gasteiger partial charge < -0.3 is 20.7 Å². The third-order valence-electron chi connectivity index (χ3n) is 6.19. The molecule has 9 nitrogen and oxygen atoms in total. The molecule has 0 saturated carbocycles. The third kappa shape index (κ3) is 4.99. The number of ether oxygens (including phenoxy) is 1. The van der Waals surface area contributed by atoms with E-state index in [-0.39, 0.29) is 26.8 Å². The Bertz CT molecular complexity index is 1370. The van der Waals surface area contributed by atoms with E-state index in [1.54, 1.807) is 12.1 Å². The number of anilines is 3. The van der Waals surface area contributed by atoms with Gasteiger partial charge in [-0.3, -0.25) is 4.79 Å². The smallest absolute Gasteiger partial charge is 0.253 e. The zero-order valence-electron chi connectivity index (χ0n) is 20.9. The Hall–Kier alpha value is -3.66. The molecule has 4 rings (SSSR count). The minimum Gasteiger partial charge on any atom is -0.494 e. The van der Waals surface area contributed by atoms with Gasteiger partial charge in [-0.2, -0.15) is 0 Å². The lowest BCUT2D eigenvalue weighted by molar-refractivity contribution is 0.0997. The van der Waals surface area contributed by atoms with Crippen LogP contribution in [0.15, 0.2) is 64.6 Å². The van der Waals surface area contributed by atoms with Crippen LogP contribution in [0.5, 0.6) is 5.75 Å². The molecule has 1 aromatic carbocycles. The molecular formula is C26H31N5O4S. The average Bonchev–Trinajstić information content (AvgIpc) is 3.11. The van der Waals surface area contributed by atoms with Crippen molar-refractivity contribution in [2.45, 2.75) is 49.6 Å². The monoisotopic (exact) mass is 509 g/mol. The van der Waals surface area contributed by atoms with E-state index in [2.05, 4.69) is 22.2 Å². The first-order valence-corrected chi connectivity index (χ1v) is 13.3. The Morgan fingerprint density at radius 1 is 1.19 bits per heavy atom. The van der Waals surface area contributed by atoms with E-state index < -0.39 is 15.7 Å². The standard InChI is InChI=1S/C26H31N5O4S/c1-5-35-19-11-9-18(10-12-19)29-21-7-6-8-22(30-21)36(33,34)20-13-14-28-25(23(20)24(27)32)31-16-17(2)15-26(31,3)4/h6-14,17H,5,15-16H2,1-4H3,(H2,27,32)(H,29,30). The molecule has 1 amide bonds. The summed E-state index contributed by atoms with van der Waals surface area (Å²) in [6.07, 6.45) is 2.28. The van der Waals surface area contributed by atoms with Gasteiger partial charge in [-0.25, -0.2) is 18.4 Å². The highest BCUT2D eigenvalue weighted by Gasteiger charge is 2.40. The number of carbonyl (C=O) groups excluding carboxylic acids is 1. The Morgan fingerprint density at radius 2 is 1.92 bits per heavy atom. The minimum absolute atomic E-state index is 0.119. The maximum atomic E-state index is 13.7. The third-order valence-corrected chi connectivity index (χ3v) is 7.89. The van der Waals surface area contributed by atoms with E-state index in [0.717, 1.165) is 17.9 Å². The van der Waals surface area contributed by atoms with Crippen molar-refractivity contribution in [3.05, 3.63) is 60.3 Å². The molecule has 36 heavy (non-hydrogen) atoms. The number of hydrogen-bond donors (Lipinski definition) is 2.